The first kappa shape index (κ1) is 32.1. The molecule has 0 spiro atoms. The maximum Gasteiger partial charge on any atom is 0.258 e. The van der Waals surface area contributed by atoms with Crippen molar-refractivity contribution in [2.24, 2.45) is 0 Å². The number of nitrogens with two attached hydrogens (primary N) is 2. The Morgan fingerprint density at radius 2 is 1.07 bits per heavy atom. The van der Waals surface area contributed by atoms with Crippen LogP contribution in [0.2, 0.25) is 0 Å². The zero-order valence-electron chi connectivity index (χ0n) is 24.3. The van der Waals surface area contributed by atoms with E-state index >= 15 is 0 Å². The van der Waals surface area contributed by atoms with Gasteiger partial charge in [-0.05, 0) is 77.4 Å². The molecule has 3 rings (SSSR count). The van der Waals surface area contributed by atoms with Crippen LogP contribution in [0.25, 0.3) is 0 Å². The van der Waals surface area contributed by atoms with Gasteiger partial charge < -0.3 is 41.4 Å². The molecule has 0 radical (unpaired) electrons. The van der Waals surface area contributed by atoms with Crippen molar-refractivity contribution >= 4 is 34.6 Å². The van der Waals surface area contributed by atoms with E-state index in [0.717, 1.165) is 25.9 Å². The molecule has 0 saturated carbocycles. The van der Waals surface area contributed by atoms with Gasteiger partial charge in [0, 0.05) is 25.2 Å². The molecule has 12 heteroatoms. The minimum Gasteiger partial charge on any atom is -0.493 e. The molecule has 0 fully saturated rings. The van der Waals surface area contributed by atoms with Gasteiger partial charge in [-0.15, -0.1) is 0 Å². The molecule has 0 aliphatic rings. The summed E-state index contributed by atoms with van der Waals surface area (Å²) in [5.74, 6) is -3.02. The van der Waals surface area contributed by atoms with E-state index in [1.165, 1.54) is 24.3 Å². The Bertz CT molecular complexity index is 1300. The Morgan fingerprint density at radius 1 is 0.690 bits per heavy atom. The van der Waals surface area contributed by atoms with E-state index in [1.54, 1.807) is 12.1 Å². The lowest BCUT2D eigenvalue weighted by atomic mass is 10.1. The predicted octanol–water partition coefficient (Wildman–Crippen LogP) is 4.29. The number of rotatable bonds is 14. The van der Waals surface area contributed by atoms with Gasteiger partial charge in [-0.1, -0.05) is 0 Å². The summed E-state index contributed by atoms with van der Waals surface area (Å²) in [7, 11) is 7.86. The first-order valence-electron chi connectivity index (χ1n) is 13.4. The first-order chi connectivity index (χ1) is 19.9. The van der Waals surface area contributed by atoms with Crippen LogP contribution in [0, 0.1) is 11.6 Å². The van der Waals surface area contributed by atoms with E-state index in [-0.39, 0.29) is 22.7 Å². The third-order valence-corrected chi connectivity index (χ3v) is 6.13. The highest BCUT2D eigenvalue weighted by Crippen LogP contribution is 2.27. The number of halogens is 2. The minimum atomic E-state index is -1.09. The number of carbonyl (C=O) groups is 2. The SMILES string of the molecule is CN(C)CCCOc1ccc(NC(=O)c2cc(F)c(C(=O)Nc3ccc(OCCCN(C)C)cc3N)cc2F)c(N)c1. The second kappa shape index (κ2) is 15.0. The largest absolute Gasteiger partial charge is 0.493 e. The zero-order valence-corrected chi connectivity index (χ0v) is 24.3. The van der Waals surface area contributed by atoms with Crippen LogP contribution in [0.3, 0.4) is 0 Å². The fraction of sp³-hybridized carbons (Fsp3) is 0.333. The minimum absolute atomic E-state index is 0.188. The Labute approximate surface area is 244 Å². The first-order valence-corrected chi connectivity index (χ1v) is 13.4. The van der Waals surface area contributed by atoms with Crippen molar-refractivity contribution in [1.82, 2.24) is 9.80 Å². The summed E-state index contributed by atoms with van der Waals surface area (Å²) in [6.07, 6.45) is 1.63. The van der Waals surface area contributed by atoms with Gasteiger partial charge >= 0.3 is 0 Å². The van der Waals surface area contributed by atoms with Gasteiger partial charge in [0.1, 0.15) is 23.1 Å². The van der Waals surface area contributed by atoms with E-state index in [1.807, 2.05) is 38.0 Å². The molecule has 0 aromatic heterocycles. The van der Waals surface area contributed by atoms with Gasteiger partial charge in [-0.3, -0.25) is 9.59 Å². The summed E-state index contributed by atoms with van der Waals surface area (Å²) in [5, 5.41) is 4.93. The zero-order chi connectivity index (χ0) is 30.8. The standard InChI is InChI=1S/C30H38F2N6O4/c1-37(2)11-5-13-41-19-7-9-27(25(33)15-19)35-29(39)21-17-24(32)22(18-23(21)31)30(40)36-28-10-8-20(16-26(28)34)42-14-6-12-38(3)4/h7-10,15-18H,5-6,11-14,33-34H2,1-4H3,(H,35,39)(H,36,40). The van der Waals surface area contributed by atoms with Crippen LogP contribution in [0.1, 0.15) is 33.6 Å². The highest BCUT2D eigenvalue weighted by molar-refractivity contribution is 6.09. The maximum absolute atomic E-state index is 14.9. The summed E-state index contributed by atoms with van der Waals surface area (Å²) in [4.78, 5) is 29.5. The van der Waals surface area contributed by atoms with Gasteiger partial charge in [0.25, 0.3) is 11.8 Å². The van der Waals surface area contributed by atoms with Crippen molar-refractivity contribution in [1.29, 1.82) is 0 Å². The van der Waals surface area contributed by atoms with Gasteiger partial charge in [0.2, 0.25) is 0 Å². The predicted molar refractivity (Wildman–Crippen MR) is 161 cm³/mol. The molecule has 0 heterocycles. The second-order valence-electron chi connectivity index (χ2n) is 10.2. The molecule has 0 atom stereocenters. The Kier molecular flexibility index (Phi) is 11.5. The van der Waals surface area contributed by atoms with Crippen LogP contribution in [0.4, 0.5) is 31.5 Å². The molecule has 0 saturated heterocycles. The van der Waals surface area contributed by atoms with Crippen molar-refractivity contribution in [2.75, 3.05) is 76.6 Å². The smallest absolute Gasteiger partial charge is 0.258 e. The van der Waals surface area contributed by atoms with Crippen molar-refractivity contribution in [3.63, 3.8) is 0 Å². The van der Waals surface area contributed by atoms with Crippen LogP contribution in [-0.2, 0) is 0 Å². The third-order valence-electron chi connectivity index (χ3n) is 6.13. The molecule has 226 valence electrons. The number of benzene rings is 3. The molecule has 0 aliphatic carbocycles. The number of carbonyl (C=O) groups excluding carboxylic acids is 2. The van der Waals surface area contributed by atoms with Crippen molar-refractivity contribution in [3.05, 3.63) is 71.3 Å². The lowest BCUT2D eigenvalue weighted by molar-refractivity contribution is 0.100. The molecule has 42 heavy (non-hydrogen) atoms. The van der Waals surface area contributed by atoms with E-state index < -0.39 is 34.6 Å². The number of hydrogen-bond acceptors (Lipinski definition) is 8. The van der Waals surface area contributed by atoms with Crippen molar-refractivity contribution < 1.29 is 27.8 Å². The average Bonchev–Trinajstić information content (AvgIpc) is 2.92. The van der Waals surface area contributed by atoms with Gasteiger partial charge in [-0.2, -0.15) is 0 Å². The van der Waals surface area contributed by atoms with Crippen LogP contribution in [-0.4, -0.2) is 76.1 Å². The normalized spacial score (nSPS) is 11.0. The molecule has 3 aromatic rings. The quantitative estimate of drug-likeness (QED) is 0.163. The van der Waals surface area contributed by atoms with Gasteiger partial charge in [0.15, 0.2) is 0 Å². The fourth-order valence-electron chi connectivity index (χ4n) is 3.90. The highest BCUT2D eigenvalue weighted by Gasteiger charge is 2.21. The van der Waals surface area contributed by atoms with Crippen molar-refractivity contribution in [2.45, 2.75) is 12.8 Å². The molecule has 10 nitrogen and oxygen atoms in total. The van der Waals surface area contributed by atoms with E-state index in [2.05, 4.69) is 10.6 Å². The molecule has 0 unspecified atom stereocenters. The Hall–Kier alpha value is -4.42. The van der Waals surface area contributed by atoms with Gasteiger partial charge in [-0.25, -0.2) is 8.78 Å². The number of nitrogens with one attached hydrogen (secondary N) is 2. The topological polar surface area (TPSA) is 135 Å². The fourth-order valence-corrected chi connectivity index (χ4v) is 3.90. The van der Waals surface area contributed by atoms with Crippen LogP contribution < -0.4 is 31.6 Å². The van der Waals surface area contributed by atoms with Gasteiger partial charge in [0.05, 0.1) is 47.1 Å². The maximum atomic E-state index is 14.9. The summed E-state index contributed by atoms with van der Waals surface area (Å²) >= 11 is 0. The van der Waals surface area contributed by atoms with E-state index in [0.29, 0.717) is 36.8 Å². The molecular formula is C30H38F2N6O4. The molecule has 0 bridgehead atoms. The van der Waals surface area contributed by atoms with E-state index in [9.17, 15) is 18.4 Å². The summed E-state index contributed by atoms with van der Waals surface area (Å²) in [5.41, 5.74) is 11.6. The number of ether oxygens (including phenoxy) is 2. The Balaban J connectivity index is 1.63. The second-order valence-corrected chi connectivity index (χ2v) is 10.2. The number of nitrogens with zero attached hydrogens (tertiary/aromatic N) is 2. The molecule has 6 N–H and O–H groups in total. The number of anilines is 4. The van der Waals surface area contributed by atoms with Crippen LogP contribution >= 0.6 is 0 Å². The average molecular weight is 585 g/mol. The third kappa shape index (κ3) is 9.32. The number of nitrogen functional groups attached to an aromatic ring is 2. The van der Waals surface area contributed by atoms with Crippen LogP contribution in [0.15, 0.2) is 48.5 Å². The monoisotopic (exact) mass is 584 g/mol. The molecular weight excluding hydrogens is 546 g/mol. The molecule has 3 aromatic carbocycles. The molecule has 0 aliphatic heterocycles. The van der Waals surface area contributed by atoms with Crippen LogP contribution in [0.5, 0.6) is 11.5 Å². The number of amides is 2. The number of hydrogen-bond donors (Lipinski definition) is 4. The highest BCUT2D eigenvalue weighted by atomic mass is 19.1. The lowest BCUT2D eigenvalue weighted by Crippen LogP contribution is -2.19. The molecule has 2 amide bonds. The van der Waals surface area contributed by atoms with Crippen molar-refractivity contribution in [3.8, 4) is 11.5 Å². The summed E-state index contributed by atoms with van der Waals surface area (Å²) in [6, 6.07) is 10.6. The summed E-state index contributed by atoms with van der Waals surface area (Å²) in [6.45, 7) is 2.69. The Morgan fingerprint density at radius 3 is 1.40 bits per heavy atom. The summed E-state index contributed by atoms with van der Waals surface area (Å²) < 4.78 is 41.1. The lowest BCUT2D eigenvalue weighted by Gasteiger charge is -2.14. The van der Waals surface area contributed by atoms with E-state index in [4.69, 9.17) is 20.9 Å².